The fourth-order valence-electron chi connectivity index (χ4n) is 4.27. The third-order valence-electron chi connectivity index (χ3n) is 5.98. The number of ether oxygens (including phenoxy) is 3. The molecule has 6 atom stereocenters. The van der Waals surface area contributed by atoms with E-state index in [0.29, 0.717) is 0 Å². The Morgan fingerprint density at radius 3 is 2.69 bits per heavy atom. The van der Waals surface area contributed by atoms with Crippen molar-refractivity contribution < 1.29 is 32.9 Å². The lowest BCUT2D eigenvalue weighted by Crippen LogP contribution is -2.63. The fourth-order valence-corrected chi connectivity index (χ4v) is 4.57. The van der Waals surface area contributed by atoms with Crippen LogP contribution in [0.25, 0.3) is 11.3 Å². The number of hydrogen-bond acceptors (Lipinski definition) is 8. The Kier molecular flexibility index (Phi) is 6.61. The van der Waals surface area contributed by atoms with Gasteiger partial charge in [0.2, 0.25) is 0 Å². The van der Waals surface area contributed by atoms with E-state index in [4.69, 9.17) is 20.1 Å². The van der Waals surface area contributed by atoms with Crippen LogP contribution in [-0.4, -0.2) is 57.0 Å². The van der Waals surface area contributed by atoms with Crippen LogP contribution in [0.2, 0.25) is 0 Å². The number of fused-ring (bicyclic) bond motifs is 1. The van der Waals surface area contributed by atoms with Crippen molar-refractivity contribution in [3.63, 3.8) is 0 Å². The van der Waals surface area contributed by atoms with Crippen LogP contribution in [0.5, 0.6) is 0 Å². The molecule has 13 heteroatoms. The maximum absolute atomic E-state index is 14.5. The molecule has 3 heterocycles. The van der Waals surface area contributed by atoms with Crippen LogP contribution in [0.15, 0.2) is 53.1 Å². The molecule has 35 heavy (non-hydrogen) atoms. The molecule has 5 rings (SSSR count). The number of amides is 1. The summed E-state index contributed by atoms with van der Waals surface area (Å²) in [6.07, 6.45) is -3.84. The number of aliphatic hydroxyl groups is 1. The second-order valence-corrected chi connectivity index (χ2v) is 8.92. The summed E-state index contributed by atoms with van der Waals surface area (Å²) in [6, 6.07) is 10.9. The minimum absolute atomic E-state index is 0.0237. The topological polar surface area (TPSA) is 134 Å². The van der Waals surface area contributed by atoms with Crippen LogP contribution in [0.3, 0.4) is 0 Å². The van der Waals surface area contributed by atoms with Gasteiger partial charge in [-0.15, -0.1) is 5.10 Å². The second kappa shape index (κ2) is 9.68. The van der Waals surface area contributed by atoms with Gasteiger partial charge >= 0.3 is 0 Å². The Morgan fingerprint density at radius 1 is 1.17 bits per heavy atom. The zero-order valence-electron chi connectivity index (χ0n) is 17.9. The van der Waals surface area contributed by atoms with Gasteiger partial charge in [-0.1, -0.05) is 35.5 Å². The Hall–Kier alpha value is -2.81. The summed E-state index contributed by atoms with van der Waals surface area (Å²) >= 11 is 2.94. The van der Waals surface area contributed by atoms with Crippen LogP contribution in [0.4, 0.5) is 8.78 Å². The summed E-state index contributed by atoms with van der Waals surface area (Å²) in [5.41, 5.74) is 2.61. The molecule has 3 aromatic rings. The van der Waals surface area contributed by atoms with E-state index in [0.717, 1.165) is 5.56 Å². The van der Waals surface area contributed by atoms with Gasteiger partial charge in [0.1, 0.15) is 30.0 Å². The number of aliphatic hydroxyl groups excluding tert-OH is 1. The normalized spacial score (nSPS) is 28.4. The zero-order chi connectivity index (χ0) is 24.7. The quantitative estimate of drug-likeness (QED) is 0.193. The SMILES string of the molecule is NNC(=O)[C@@H]1O[C@@H]2COC(c3ccccc3)O[C@@H]2[C@H](n2cc(-c3ccc(Br)c(F)c3F)nn2)[C@H]1O. The van der Waals surface area contributed by atoms with Crippen molar-refractivity contribution in [1.82, 2.24) is 20.4 Å². The fraction of sp³-hybridized carbons (Fsp3) is 0.318. The first-order valence-corrected chi connectivity index (χ1v) is 11.4. The molecule has 2 saturated heterocycles. The molecule has 1 aromatic heterocycles. The molecule has 2 fully saturated rings. The van der Waals surface area contributed by atoms with E-state index in [1.54, 1.807) is 0 Å². The number of carbonyl (C=O) groups excluding carboxylic acids is 1. The number of aromatic nitrogens is 3. The van der Waals surface area contributed by atoms with E-state index in [1.807, 2.05) is 35.8 Å². The number of halogens is 3. The van der Waals surface area contributed by atoms with E-state index in [2.05, 4.69) is 26.2 Å². The number of rotatable bonds is 4. The number of carbonyl (C=O) groups is 1. The molecule has 1 amide bonds. The predicted molar refractivity (Wildman–Crippen MR) is 119 cm³/mol. The first kappa shape index (κ1) is 23.9. The van der Waals surface area contributed by atoms with Crippen molar-refractivity contribution in [3.05, 3.63) is 70.3 Å². The van der Waals surface area contributed by atoms with Crippen molar-refractivity contribution in [2.24, 2.45) is 5.84 Å². The molecule has 4 N–H and O–H groups in total. The average Bonchev–Trinajstić information content (AvgIpc) is 3.36. The van der Waals surface area contributed by atoms with Gasteiger partial charge in [-0.3, -0.25) is 10.2 Å². The molecule has 0 aliphatic carbocycles. The number of nitrogens with zero attached hydrogens (tertiary/aromatic N) is 3. The van der Waals surface area contributed by atoms with Crippen molar-refractivity contribution in [2.45, 2.75) is 36.7 Å². The van der Waals surface area contributed by atoms with Gasteiger partial charge in [-0.05, 0) is 28.1 Å². The maximum atomic E-state index is 14.5. The standard InChI is InChI=1S/C22H20BrF2N5O5/c23-12-7-6-11(15(24)16(12)25)13-8-30(29-28-13)17-18(31)20(21(32)27-26)34-14-9-33-22(35-19(14)17)10-4-2-1-3-5-10/h1-8,14,17-20,22,31H,9,26H2,(H,27,32)/t14-,17-,18-,19+,20-,22?/m1/s1. The zero-order valence-corrected chi connectivity index (χ0v) is 19.5. The third-order valence-corrected chi connectivity index (χ3v) is 6.59. The average molecular weight is 552 g/mol. The monoisotopic (exact) mass is 551 g/mol. The first-order valence-electron chi connectivity index (χ1n) is 10.6. The summed E-state index contributed by atoms with van der Waals surface area (Å²) < 4.78 is 47.5. The predicted octanol–water partition coefficient (Wildman–Crippen LogP) is 1.76. The van der Waals surface area contributed by atoms with Crippen molar-refractivity contribution in [3.8, 4) is 11.3 Å². The van der Waals surface area contributed by atoms with Crippen LogP contribution in [0.1, 0.15) is 17.9 Å². The summed E-state index contributed by atoms with van der Waals surface area (Å²) in [6.45, 7) is 0.0515. The van der Waals surface area contributed by atoms with E-state index in [9.17, 15) is 18.7 Å². The highest BCUT2D eigenvalue weighted by molar-refractivity contribution is 9.10. The molecule has 2 aliphatic rings. The lowest BCUT2D eigenvalue weighted by molar-refractivity contribution is -0.312. The number of nitrogens with two attached hydrogens (primary N) is 1. The molecular weight excluding hydrogens is 532 g/mol. The highest BCUT2D eigenvalue weighted by atomic mass is 79.9. The van der Waals surface area contributed by atoms with Crippen molar-refractivity contribution >= 4 is 21.8 Å². The van der Waals surface area contributed by atoms with E-state index >= 15 is 0 Å². The lowest BCUT2D eigenvalue weighted by atomic mass is 9.91. The van der Waals surface area contributed by atoms with Gasteiger partial charge < -0.3 is 19.3 Å². The summed E-state index contributed by atoms with van der Waals surface area (Å²) in [5.74, 6) is 2.34. The Labute approximate surface area is 206 Å². The van der Waals surface area contributed by atoms with Crippen LogP contribution in [0, 0.1) is 11.6 Å². The number of hydrazine groups is 1. The smallest absolute Gasteiger partial charge is 0.265 e. The molecular formula is C22H20BrF2N5O5. The number of benzene rings is 2. The molecule has 2 aliphatic heterocycles. The van der Waals surface area contributed by atoms with Gasteiger partial charge in [0.25, 0.3) is 5.91 Å². The minimum atomic E-state index is -1.46. The van der Waals surface area contributed by atoms with Crippen LogP contribution in [-0.2, 0) is 19.0 Å². The van der Waals surface area contributed by atoms with Gasteiger partial charge in [0.05, 0.1) is 17.3 Å². The maximum Gasteiger partial charge on any atom is 0.265 e. The largest absolute Gasteiger partial charge is 0.387 e. The summed E-state index contributed by atoms with van der Waals surface area (Å²) in [4.78, 5) is 12.3. The van der Waals surface area contributed by atoms with Crippen molar-refractivity contribution in [2.75, 3.05) is 6.61 Å². The highest BCUT2D eigenvalue weighted by Crippen LogP contribution is 2.39. The third kappa shape index (κ3) is 4.35. The van der Waals surface area contributed by atoms with Crippen LogP contribution >= 0.6 is 15.9 Å². The molecule has 0 radical (unpaired) electrons. The van der Waals surface area contributed by atoms with E-state index < -0.39 is 54.3 Å². The lowest BCUT2D eigenvalue weighted by Gasteiger charge is -2.47. The Bertz CT molecular complexity index is 1230. The number of hydrogen-bond donors (Lipinski definition) is 3. The second-order valence-electron chi connectivity index (χ2n) is 8.07. The number of nitrogens with one attached hydrogen (secondary N) is 1. The molecule has 1 unspecified atom stereocenters. The van der Waals surface area contributed by atoms with Crippen LogP contribution < -0.4 is 11.3 Å². The van der Waals surface area contributed by atoms with E-state index in [1.165, 1.54) is 23.0 Å². The molecule has 184 valence electrons. The Balaban J connectivity index is 1.51. The molecule has 0 spiro atoms. The molecule has 0 bridgehead atoms. The molecule has 0 saturated carbocycles. The van der Waals surface area contributed by atoms with Gasteiger partial charge in [0.15, 0.2) is 24.0 Å². The summed E-state index contributed by atoms with van der Waals surface area (Å²) in [5, 5.41) is 19.1. The summed E-state index contributed by atoms with van der Waals surface area (Å²) in [7, 11) is 0. The van der Waals surface area contributed by atoms with Crippen molar-refractivity contribution in [1.29, 1.82) is 0 Å². The molecule has 10 nitrogen and oxygen atoms in total. The highest BCUT2D eigenvalue weighted by Gasteiger charge is 2.52. The van der Waals surface area contributed by atoms with E-state index in [-0.39, 0.29) is 22.3 Å². The Morgan fingerprint density at radius 2 is 1.94 bits per heavy atom. The molecule has 2 aromatic carbocycles. The minimum Gasteiger partial charge on any atom is -0.387 e. The van der Waals surface area contributed by atoms with Gasteiger partial charge in [0, 0.05) is 11.1 Å². The van der Waals surface area contributed by atoms with Gasteiger partial charge in [-0.2, -0.15) is 0 Å². The first-order chi connectivity index (χ1) is 16.9. The van der Waals surface area contributed by atoms with Gasteiger partial charge in [-0.25, -0.2) is 19.3 Å².